The monoisotopic (exact) mass is 630 g/mol. The number of primary sulfonamides is 2. The van der Waals surface area contributed by atoms with Gasteiger partial charge in [-0.2, -0.15) is 5.26 Å². The Hall–Kier alpha value is -3.58. The summed E-state index contributed by atoms with van der Waals surface area (Å²) in [5.74, 6) is 0.326. The number of rotatable bonds is 6. The smallest absolute Gasteiger partial charge is 0.238 e. The Bertz CT molecular complexity index is 1780. The summed E-state index contributed by atoms with van der Waals surface area (Å²) >= 11 is 8.87. The molecule has 0 amide bonds. The van der Waals surface area contributed by atoms with E-state index in [2.05, 4.69) is 32.6 Å². The second kappa shape index (κ2) is 10.7. The zero-order valence-electron chi connectivity index (χ0n) is 19.3. The van der Waals surface area contributed by atoms with Gasteiger partial charge in [0.1, 0.15) is 17.5 Å². The fourth-order valence-corrected chi connectivity index (χ4v) is 5.10. The quantitative estimate of drug-likeness (QED) is 0.232. The highest BCUT2D eigenvalue weighted by Crippen LogP contribution is 2.34. The van der Waals surface area contributed by atoms with E-state index in [9.17, 15) is 22.1 Å². The summed E-state index contributed by atoms with van der Waals surface area (Å²) in [6, 6.07) is 21.1. The fraction of sp³-hybridized carbons (Fsp3) is 0. The van der Waals surface area contributed by atoms with Gasteiger partial charge in [0, 0.05) is 27.6 Å². The maximum atomic E-state index is 11.7. The first-order chi connectivity index (χ1) is 17.9. The van der Waals surface area contributed by atoms with E-state index in [1.54, 1.807) is 22.9 Å². The molecule has 0 aliphatic heterocycles. The van der Waals surface area contributed by atoms with E-state index in [1.807, 2.05) is 24.3 Å². The van der Waals surface area contributed by atoms with Crippen LogP contribution in [-0.2, 0) is 20.0 Å². The molecule has 1 aromatic heterocycles. The molecule has 0 saturated carbocycles. The molecule has 10 nitrogen and oxygen atoms in total. The van der Waals surface area contributed by atoms with Crippen LogP contribution in [0.1, 0.15) is 5.56 Å². The van der Waals surface area contributed by atoms with Crippen molar-refractivity contribution >= 4 is 64.8 Å². The fourth-order valence-electron chi connectivity index (χ4n) is 3.59. The molecule has 4 aromatic rings. The topological polar surface area (TPSA) is 173 Å². The van der Waals surface area contributed by atoms with Crippen molar-refractivity contribution in [3.8, 4) is 22.9 Å². The Morgan fingerprint density at radius 1 is 0.842 bits per heavy atom. The summed E-state index contributed by atoms with van der Waals surface area (Å²) < 4.78 is 49.0. The number of hydrogen-bond acceptors (Lipinski definition) is 6. The zero-order valence-corrected chi connectivity index (χ0v) is 23.3. The first kappa shape index (κ1) is 27.5. The summed E-state index contributed by atoms with van der Waals surface area (Å²) in [6.45, 7) is 0. The maximum Gasteiger partial charge on any atom is 0.238 e. The lowest BCUT2D eigenvalue weighted by Crippen LogP contribution is -2.21. The Morgan fingerprint density at radius 3 is 1.87 bits per heavy atom. The number of nitrogens with one attached hydrogen (secondary N) is 2. The lowest BCUT2D eigenvalue weighted by Gasteiger charge is -2.14. The Labute approximate surface area is 233 Å². The minimum Gasteiger partial charge on any atom is -0.332 e. The van der Waals surface area contributed by atoms with Gasteiger partial charge in [0.2, 0.25) is 20.0 Å². The number of thiocarbonyl (C=S) groups is 1. The van der Waals surface area contributed by atoms with Gasteiger partial charge in [0.25, 0.3) is 0 Å². The van der Waals surface area contributed by atoms with Crippen LogP contribution in [0.3, 0.4) is 0 Å². The average Bonchev–Trinajstić information content (AvgIpc) is 3.21. The summed E-state index contributed by atoms with van der Waals surface area (Å²) in [7, 11) is -7.74. The van der Waals surface area contributed by atoms with Gasteiger partial charge in [-0.05, 0) is 78.4 Å². The Balaban J connectivity index is 1.75. The molecule has 0 fully saturated rings. The molecule has 0 saturated heterocycles. The van der Waals surface area contributed by atoms with E-state index < -0.39 is 20.0 Å². The van der Waals surface area contributed by atoms with E-state index >= 15 is 0 Å². The van der Waals surface area contributed by atoms with E-state index in [1.165, 1.54) is 36.4 Å². The van der Waals surface area contributed by atoms with E-state index in [4.69, 9.17) is 22.5 Å². The molecular formula is C24H19BrN6O4S3. The van der Waals surface area contributed by atoms with Crippen LogP contribution in [0.25, 0.3) is 16.8 Å². The van der Waals surface area contributed by atoms with Crippen LogP contribution in [0.4, 0.5) is 11.5 Å². The Kier molecular flexibility index (Phi) is 7.70. The van der Waals surface area contributed by atoms with E-state index in [0.29, 0.717) is 22.8 Å². The third-order valence-electron chi connectivity index (χ3n) is 5.39. The summed E-state index contributed by atoms with van der Waals surface area (Å²) in [4.78, 5) is -0.110. The molecule has 0 unspecified atom stereocenters. The molecule has 0 radical (unpaired) electrons. The van der Waals surface area contributed by atoms with Crippen LogP contribution < -0.4 is 20.9 Å². The van der Waals surface area contributed by atoms with Crippen LogP contribution in [0.5, 0.6) is 0 Å². The standard InChI is InChI=1S/C24H19BrN6O4S3/c25-16-3-1-15(2-4-16)22-14-31(18-7-11-20(12-8-18)38(28,34)35)23(21(22)13-26)30-24(36)29-17-5-9-19(10-6-17)37(27,32)33/h1-12,14H,(H2,27,32,33)(H2,28,34,35)(H2,29,30,36). The number of hydrogen-bond donors (Lipinski definition) is 4. The largest absolute Gasteiger partial charge is 0.332 e. The second-order valence-electron chi connectivity index (χ2n) is 7.94. The summed E-state index contributed by atoms with van der Waals surface area (Å²) in [5, 5.41) is 26.6. The predicted octanol–water partition coefficient (Wildman–Crippen LogP) is 3.88. The molecule has 6 N–H and O–H groups in total. The average molecular weight is 632 g/mol. The van der Waals surface area contributed by atoms with Gasteiger partial charge in [-0.1, -0.05) is 28.1 Å². The summed E-state index contributed by atoms with van der Waals surface area (Å²) in [5.41, 5.74) is 2.69. The molecule has 4 rings (SSSR count). The van der Waals surface area contributed by atoms with Crippen molar-refractivity contribution in [2.75, 3.05) is 10.6 Å². The van der Waals surface area contributed by atoms with Gasteiger partial charge in [-0.25, -0.2) is 27.1 Å². The predicted molar refractivity (Wildman–Crippen MR) is 153 cm³/mol. The minimum atomic E-state index is -3.89. The first-order valence-electron chi connectivity index (χ1n) is 10.6. The van der Waals surface area contributed by atoms with Gasteiger partial charge in [0.15, 0.2) is 5.11 Å². The van der Waals surface area contributed by atoms with Crippen LogP contribution >= 0.6 is 28.1 Å². The number of aromatic nitrogens is 1. The molecule has 0 bridgehead atoms. The number of nitrogens with zero attached hydrogens (tertiary/aromatic N) is 2. The van der Waals surface area contributed by atoms with Crippen LogP contribution in [0, 0.1) is 11.3 Å². The van der Waals surface area contributed by atoms with Crippen molar-refractivity contribution in [2.24, 2.45) is 10.3 Å². The number of benzene rings is 3. The number of nitriles is 1. The SMILES string of the molecule is N#Cc1c(-c2ccc(Br)cc2)cn(-c2ccc(S(N)(=O)=O)cc2)c1NC(=S)Nc1ccc(S(N)(=O)=O)cc1. The van der Waals surface area contributed by atoms with Crippen LogP contribution in [0.15, 0.2) is 93.3 Å². The summed E-state index contributed by atoms with van der Waals surface area (Å²) in [6.07, 6.45) is 1.74. The molecule has 3 aromatic carbocycles. The molecule has 14 heteroatoms. The van der Waals surface area contributed by atoms with Crippen molar-refractivity contribution in [2.45, 2.75) is 9.79 Å². The molecular weight excluding hydrogens is 612 g/mol. The normalized spacial score (nSPS) is 11.5. The van der Waals surface area contributed by atoms with Crippen molar-refractivity contribution < 1.29 is 16.8 Å². The minimum absolute atomic E-state index is 0.0512. The van der Waals surface area contributed by atoms with Gasteiger partial charge in [0.05, 0.1) is 9.79 Å². The van der Waals surface area contributed by atoms with E-state index in [0.717, 1.165) is 10.0 Å². The first-order valence-corrected chi connectivity index (χ1v) is 14.9. The molecule has 0 aliphatic rings. The third kappa shape index (κ3) is 6.10. The van der Waals surface area contributed by atoms with Gasteiger partial charge in [-0.15, -0.1) is 0 Å². The van der Waals surface area contributed by atoms with Crippen molar-refractivity contribution in [1.29, 1.82) is 5.26 Å². The zero-order chi connectivity index (χ0) is 27.7. The number of anilines is 2. The molecule has 0 spiro atoms. The molecule has 194 valence electrons. The highest BCUT2D eigenvalue weighted by atomic mass is 79.9. The van der Waals surface area contributed by atoms with Crippen molar-refractivity contribution in [3.05, 3.63) is 89.0 Å². The van der Waals surface area contributed by atoms with Gasteiger partial charge in [-0.3, -0.25) is 0 Å². The number of nitrogens with two attached hydrogens (primary N) is 2. The number of halogens is 1. The molecule has 1 heterocycles. The van der Waals surface area contributed by atoms with Crippen molar-refractivity contribution in [1.82, 2.24) is 4.57 Å². The lowest BCUT2D eigenvalue weighted by atomic mass is 10.1. The lowest BCUT2D eigenvalue weighted by molar-refractivity contribution is 0.596. The van der Waals surface area contributed by atoms with E-state index in [-0.39, 0.29) is 20.5 Å². The van der Waals surface area contributed by atoms with Crippen LogP contribution in [-0.4, -0.2) is 26.5 Å². The second-order valence-corrected chi connectivity index (χ2v) is 12.4. The molecule has 38 heavy (non-hydrogen) atoms. The maximum absolute atomic E-state index is 11.7. The highest BCUT2D eigenvalue weighted by molar-refractivity contribution is 9.10. The van der Waals surface area contributed by atoms with Crippen LogP contribution in [0.2, 0.25) is 0 Å². The molecule has 0 atom stereocenters. The Morgan fingerprint density at radius 2 is 1.37 bits per heavy atom. The van der Waals surface area contributed by atoms with Gasteiger partial charge < -0.3 is 15.2 Å². The molecule has 0 aliphatic carbocycles. The number of sulfonamides is 2. The third-order valence-corrected chi connectivity index (χ3v) is 7.98. The highest BCUT2D eigenvalue weighted by Gasteiger charge is 2.20. The van der Waals surface area contributed by atoms with Gasteiger partial charge >= 0.3 is 0 Å². The van der Waals surface area contributed by atoms with Crippen molar-refractivity contribution in [3.63, 3.8) is 0 Å².